The van der Waals surface area contributed by atoms with Crippen LogP contribution in [-0.4, -0.2) is 71.6 Å². The van der Waals surface area contributed by atoms with Gasteiger partial charge in [0.25, 0.3) is 5.91 Å². The van der Waals surface area contributed by atoms with Gasteiger partial charge < -0.3 is 9.80 Å². The van der Waals surface area contributed by atoms with Gasteiger partial charge in [-0.1, -0.05) is 18.2 Å². The Kier molecular flexibility index (Phi) is 5.87. The van der Waals surface area contributed by atoms with E-state index in [0.29, 0.717) is 12.3 Å². The molecule has 29 heavy (non-hydrogen) atoms. The summed E-state index contributed by atoms with van der Waals surface area (Å²) in [6.07, 6.45) is 8.46. The minimum atomic E-state index is -0.553. The predicted octanol–water partition coefficient (Wildman–Crippen LogP) is 1.87. The molecule has 0 unspecified atom stereocenters. The molecule has 3 aliphatic heterocycles. The van der Waals surface area contributed by atoms with Crippen molar-refractivity contribution in [2.45, 2.75) is 37.6 Å². The van der Waals surface area contributed by atoms with Crippen LogP contribution >= 0.6 is 0 Å². The van der Waals surface area contributed by atoms with Crippen molar-refractivity contribution < 1.29 is 14.8 Å². The molecule has 0 aromatic heterocycles. The van der Waals surface area contributed by atoms with Crippen LogP contribution in [0.25, 0.3) is 6.08 Å². The number of hydroxylamine groups is 1. The van der Waals surface area contributed by atoms with Gasteiger partial charge in [-0.3, -0.25) is 19.7 Å². The summed E-state index contributed by atoms with van der Waals surface area (Å²) in [7, 11) is 0. The van der Waals surface area contributed by atoms with Crippen molar-refractivity contribution in [3.8, 4) is 0 Å². The number of rotatable bonds is 5. The van der Waals surface area contributed by atoms with Crippen LogP contribution in [0.15, 0.2) is 30.3 Å². The highest BCUT2D eigenvalue weighted by molar-refractivity contribution is 5.91. The third kappa shape index (κ3) is 4.16. The van der Waals surface area contributed by atoms with Crippen LogP contribution in [0.1, 0.15) is 37.7 Å². The Morgan fingerprint density at radius 2 is 1.72 bits per heavy atom. The zero-order valence-corrected chi connectivity index (χ0v) is 16.8. The molecule has 3 heterocycles. The average molecular weight is 399 g/mol. The minimum Gasteiger partial charge on any atom is -0.367 e. The summed E-state index contributed by atoms with van der Waals surface area (Å²) in [5, 5.41) is 8.67. The van der Waals surface area contributed by atoms with E-state index in [-0.39, 0.29) is 5.54 Å². The van der Waals surface area contributed by atoms with Crippen LogP contribution < -0.4 is 10.4 Å². The van der Waals surface area contributed by atoms with E-state index in [1.807, 2.05) is 29.2 Å². The van der Waals surface area contributed by atoms with Gasteiger partial charge >= 0.3 is 0 Å². The van der Waals surface area contributed by atoms with Gasteiger partial charge in [-0.15, -0.1) is 0 Å². The van der Waals surface area contributed by atoms with Crippen molar-refractivity contribution in [3.05, 3.63) is 35.9 Å². The fourth-order valence-corrected chi connectivity index (χ4v) is 5.22. The predicted molar refractivity (Wildman–Crippen MR) is 112 cm³/mol. The molecule has 7 heteroatoms. The number of para-hydroxylation sites is 1. The second-order valence-electron chi connectivity index (χ2n) is 8.33. The fourth-order valence-electron chi connectivity index (χ4n) is 5.22. The number of amides is 2. The van der Waals surface area contributed by atoms with Gasteiger partial charge in [0, 0.05) is 49.9 Å². The molecule has 3 saturated heterocycles. The Morgan fingerprint density at radius 3 is 2.41 bits per heavy atom. The lowest BCUT2D eigenvalue weighted by atomic mass is 9.89. The van der Waals surface area contributed by atoms with E-state index in [1.54, 1.807) is 11.6 Å². The van der Waals surface area contributed by atoms with Gasteiger partial charge in [-0.25, -0.2) is 5.48 Å². The second kappa shape index (κ2) is 8.55. The van der Waals surface area contributed by atoms with E-state index in [2.05, 4.69) is 9.80 Å². The number of nitrogens with zero attached hydrogens (tertiary/aromatic N) is 3. The summed E-state index contributed by atoms with van der Waals surface area (Å²) in [4.78, 5) is 31.1. The lowest BCUT2D eigenvalue weighted by molar-refractivity contribution is -0.134. The molecule has 2 amide bonds. The molecule has 1 aromatic carbocycles. The van der Waals surface area contributed by atoms with Gasteiger partial charge in [0.15, 0.2) is 0 Å². The Bertz CT molecular complexity index is 776. The molecule has 156 valence electrons. The number of piperazine rings is 1. The SMILES string of the molecule is O=C(C=Cc1ccccc1N1CCN(C(=O)CC23CCCN2CCC3)CC1)NO. The van der Waals surface area contributed by atoms with Gasteiger partial charge in [-0.05, 0) is 56.5 Å². The van der Waals surface area contributed by atoms with Gasteiger partial charge in [0.1, 0.15) is 0 Å². The number of fused-ring (bicyclic) bond motifs is 1. The summed E-state index contributed by atoms with van der Waals surface area (Å²) in [5.74, 6) is -0.256. The van der Waals surface area contributed by atoms with Gasteiger partial charge in [0.05, 0.1) is 0 Å². The molecular formula is C22H30N4O3. The number of benzene rings is 1. The van der Waals surface area contributed by atoms with Crippen LogP contribution in [0, 0.1) is 0 Å². The van der Waals surface area contributed by atoms with Crippen molar-refractivity contribution in [2.75, 3.05) is 44.2 Å². The average Bonchev–Trinajstić information content (AvgIpc) is 3.32. The number of nitrogens with one attached hydrogen (secondary N) is 1. The largest absolute Gasteiger partial charge is 0.367 e. The molecule has 0 bridgehead atoms. The van der Waals surface area contributed by atoms with Crippen LogP contribution in [0.5, 0.6) is 0 Å². The first-order valence-corrected chi connectivity index (χ1v) is 10.6. The molecule has 3 fully saturated rings. The molecule has 0 saturated carbocycles. The summed E-state index contributed by atoms with van der Waals surface area (Å²) in [5.41, 5.74) is 3.71. The van der Waals surface area contributed by atoms with E-state index in [9.17, 15) is 9.59 Å². The quantitative estimate of drug-likeness (QED) is 0.450. The second-order valence-corrected chi connectivity index (χ2v) is 8.33. The summed E-state index contributed by atoms with van der Waals surface area (Å²) >= 11 is 0. The molecule has 2 N–H and O–H groups in total. The number of hydrogen-bond donors (Lipinski definition) is 2. The van der Waals surface area contributed by atoms with Crippen molar-refractivity contribution in [1.82, 2.24) is 15.3 Å². The third-order valence-corrected chi connectivity index (χ3v) is 6.73. The Morgan fingerprint density at radius 1 is 1.03 bits per heavy atom. The first-order valence-electron chi connectivity index (χ1n) is 10.6. The highest BCUT2D eigenvalue weighted by Crippen LogP contribution is 2.41. The zero-order chi connectivity index (χ0) is 20.3. The first-order chi connectivity index (χ1) is 14.1. The van der Waals surface area contributed by atoms with Crippen molar-refractivity contribution in [2.24, 2.45) is 0 Å². The number of carbonyl (C=O) groups is 2. The lowest BCUT2D eigenvalue weighted by Crippen LogP contribution is -2.51. The van der Waals surface area contributed by atoms with E-state index in [4.69, 9.17) is 5.21 Å². The molecule has 0 atom stereocenters. The molecule has 4 rings (SSSR count). The van der Waals surface area contributed by atoms with Crippen LogP contribution in [-0.2, 0) is 9.59 Å². The smallest absolute Gasteiger partial charge is 0.267 e. The van der Waals surface area contributed by atoms with Crippen molar-refractivity contribution >= 4 is 23.6 Å². The zero-order valence-electron chi connectivity index (χ0n) is 16.8. The maximum atomic E-state index is 13.0. The number of hydrogen-bond acceptors (Lipinski definition) is 5. The Hall–Kier alpha value is -2.38. The van der Waals surface area contributed by atoms with Gasteiger partial charge in [-0.2, -0.15) is 0 Å². The Labute approximate surface area is 171 Å². The summed E-state index contributed by atoms with van der Waals surface area (Å²) in [6, 6.07) is 7.88. The van der Waals surface area contributed by atoms with Gasteiger partial charge in [0.2, 0.25) is 5.91 Å². The summed E-state index contributed by atoms with van der Waals surface area (Å²) in [6.45, 7) is 5.31. The molecule has 0 radical (unpaired) electrons. The monoisotopic (exact) mass is 398 g/mol. The van der Waals surface area contributed by atoms with Crippen LogP contribution in [0.2, 0.25) is 0 Å². The highest BCUT2D eigenvalue weighted by atomic mass is 16.5. The third-order valence-electron chi connectivity index (χ3n) is 6.73. The van der Waals surface area contributed by atoms with Crippen LogP contribution in [0.4, 0.5) is 5.69 Å². The molecular weight excluding hydrogens is 368 g/mol. The molecule has 0 aliphatic carbocycles. The van der Waals surface area contributed by atoms with E-state index >= 15 is 0 Å². The van der Waals surface area contributed by atoms with Crippen molar-refractivity contribution in [3.63, 3.8) is 0 Å². The first kappa shape index (κ1) is 19.9. The molecule has 7 nitrogen and oxygen atoms in total. The number of carbonyl (C=O) groups excluding carboxylic acids is 2. The van der Waals surface area contributed by atoms with E-state index in [1.165, 1.54) is 31.8 Å². The van der Waals surface area contributed by atoms with E-state index in [0.717, 1.165) is 50.5 Å². The maximum Gasteiger partial charge on any atom is 0.267 e. The van der Waals surface area contributed by atoms with E-state index < -0.39 is 5.91 Å². The fraction of sp³-hybridized carbons (Fsp3) is 0.545. The molecule has 0 spiro atoms. The maximum absolute atomic E-state index is 13.0. The molecule has 3 aliphatic rings. The van der Waals surface area contributed by atoms with Crippen molar-refractivity contribution in [1.29, 1.82) is 0 Å². The summed E-state index contributed by atoms with van der Waals surface area (Å²) < 4.78 is 0. The minimum absolute atomic E-state index is 0.138. The topological polar surface area (TPSA) is 76.1 Å². The number of anilines is 1. The molecule has 1 aromatic rings. The van der Waals surface area contributed by atoms with Crippen LogP contribution in [0.3, 0.4) is 0 Å². The standard InChI is InChI=1S/C22H30N4O3/c27-20(23-29)8-7-18-5-1-2-6-19(18)24-13-15-25(16-14-24)21(28)17-22-9-3-11-26(22)12-4-10-22/h1-2,5-8,29H,3-4,9-17H2,(H,23,27). The normalized spacial score (nSPS) is 21.6. The lowest BCUT2D eigenvalue weighted by Gasteiger charge is -2.39. The highest BCUT2D eigenvalue weighted by Gasteiger charge is 2.46. The Balaban J connectivity index is 1.37.